The number of carboxylic acids is 1. The second-order valence-corrected chi connectivity index (χ2v) is 5.66. The first-order valence-electron chi connectivity index (χ1n) is 5.41. The highest BCUT2D eigenvalue weighted by molar-refractivity contribution is 7.16. The van der Waals surface area contributed by atoms with Gasteiger partial charge >= 0.3 is 12.0 Å². The van der Waals surface area contributed by atoms with Crippen LogP contribution in [0.5, 0.6) is 0 Å². The minimum Gasteiger partial charge on any atom is -0.480 e. The van der Waals surface area contributed by atoms with Crippen LogP contribution in [0, 0.1) is 0 Å². The zero-order chi connectivity index (χ0) is 14.4. The van der Waals surface area contributed by atoms with Gasteiger partial charge in [0.15, 0.2) is 6.04 Å². The predicted molar refractivity (Wildman–Crippen MR) is 72.6 cm³/mol. The number of ether oxygens (including phenoxy) is 1. The van der Waals surface area contributed by atoms with E-state index in [0.29, 0.717) is 10.9 Å². The van der Waals surface area contributed by atoms with Gasteiger partial charge in [-0.05, 0) is 12.1 Å². The lowest BCUT2D eigenvalue weighted by atomic mass is 10.3. The molecule has 8 heteroatoms. The summed E-state index contributed by atoms with van der Waals surface area (Å²) in [7, 11) is 2.95. The van der Waals surface area contributed by atoms with Crippen molar-refractivity contribution >= 4 is 34.9 Å². The number of methoxy groups -OCH3 is 1. The third-order valence-electron chi connectivity index (χ3n) is 2.30. The van der Waals surface area contributed by atoms with E-state index in [4.69, 9.17) is 21.4 Å². The molecule has 6 nitrogen and oxygen atoms in total. The number of urea groups is 1. The maximum atomic E-state index is 11.8. The number of aliphatic carboxylic acids is 1. The SMILES string of the molecule is COCC(NC(=O)N(C)Cc1ccc(Cl)s1)C(=O)O. The monoisotopic (exact) mass is 306 g/mol. The molecule has 0 aliphatic carbocycles. The second kappa shape index (κ2) is 7.32. The summed E-state index contributed by atoms with van der Waals surface area (Å²) in [6, 6.07) is 2.03. The molecule has 2 N–H and O–H groups in total. The molecule has 1 aromatic heterocycles. The number of hydrogen-bond acceptors (Lipinski definition) is 4. The fourth-order valence-electron chi connectivity index (χ4n) is 1.34. The van der Waals surface area contributed by atoms with E-state index in [1.807, 2.05) is 6.07 Å². The lowest BCUT2D eigenvalue weighted by molar-refractivity contribution is -0.140. The van der Waals surface area contributed by atoms with Gasteiger partial charge < -0.3 is 20.1 Å². The second-order valence-electron chi connectivity index (χ2n) is 3.86. The van der Waals surface area contributed by atoms with Crippen molar-refractivity contribution in [1.82, 2.24) is 10.2 Å². The number of amides is 2. The number of halogens is 1. The summed E-state index contributed by atoms with van der Waals surface area (Å²) in [5.74, 6) is -1.14. The van der Waals surface area contributed by atoms with Gasteiger partial charge in [0.25, 0.3) is 0 Å². The van der Waals surface area contributed by atoms with Crippen LogP contribution in [0.1, 0.15) is 4.88 Å². The van der Waals surface area contributed by atoms with Gasteiger partial charge in [-0.1, -0.05) is 11.6 Å². The van der Waals surface area contributed by atoms with Gasteiger partial charge in [-0.15, -0.1) is 11.3 Å². The Balaban J connectivity index is 2.54. The van der Waals surface area contributed by atoms with Crippen LogP contribution < -0.4 is 5.32 Å². The van der Waals surface area contributed by atoms with Gasteiger partial charge in [-0.25, -0.2) is 9.59 Å². The molecule has 0 saturated heterocycles. The molecular formula is C11H15ClN2O4S. The molecule has 0 aliphatic heterocycles. The Hall–Kier alpha value is -1.31. The molecule has 1 rings (SSSR count). The summed E-state index contributed by atoms with van der Waals surface area (Å²) in [5, 5.41) is 11.3. The predicted octanol–water partition coefficient (Wildman–Crippen LogP) is 1.64. The summed E-state index contributed by atoms with van der Waals surface area (Å²) < 4.78 is 5.38. The molecule has 0 saturated carbocycles. The van der Waals surface area contributed by atoms with E-state index in [1.165, 1.54) is 23.3 Å². The molecule has 0 spiro atoms. The summed E-state index contributed by atoms with van der Waals surface area (Å²) in [4.78, 5) is 25.0. The van der Waals surface area contributed by atoms with Crippen molar-refractivity contribution in [1.29, 1.82) is 0 Å². The lowest BCUT2D eigenvalue weighted by Gasteiger charge is -2.20. The number of carbonyl (C=O) groups excluding carboxylic acids is 1. The molecule has 19 heavy (non-hydrogen) atoms. The summed E-state index contributed by atoms with van der Waals surface area (Å²) in [6.45, 7) is 0.280. The van der Waals surface area contributed by atoms with Crippen molar-refractivity contribution in [3.05, 3.63) is 21.3 Å². The van der Waals surface area contributed by atoms with Crippen LogP contribution in [0.25, 0.3) is 0 Å². The Morgan fingerprint density at radius 2 is 2.26 bits per heavy atom. The lowest BCUT2D eigenvalue weighted by Crippen LogP contribution is -2.48. The Kier molecular flexibility index (Phi) is 6.07. The summed E-state index contributed by atoms with van der Waals surface area (Å²) >= 11 is 7.17. The first-order chi connectivity index (χ1) is 8.93. The topological polar surface area (TPSA) is 78.9 Å². The third kappa shape index (κ3) is 5.06. The summed E-state index contributed by atoms with van der Waals surface area (Å²) in [6.07, 6.45) is 0. The molecule has 1 atom stereocenters. The van der Waals surface area contributed by atoms with Gasteiger partial charge in [0.05, 0.1) is 17.5 Å². The van der Waals surface area contributed by atoms with Gasteiger partial charge in [0, 0.05) is 19.0 Å². The van der Waals surface area contributed by atoms with Crippen molar-refractivity contribution in [2.75, 3.05) is 20.8 Å². The zero-order valence-electron chi connectivity index (χ0n) is 10.6. The van der Waals surface area contributed by atoms with Crippen LogP contribution in [0.15, 0.2) is 12.1 Å². The largest absolute Gasteiger partial charge is 0.480 e. The molecule has 1 aromatic rings. The Morgan fingerprint density at radius 1 is 1.58 bits per heavy atom. The van der Waals surface area contributed by atoms with Crippen LogP contribution in [0.2, 0.25) is 4.34 Å². The number of carboxylic acid groups (broad SMARTS) is 1. The molecule has 0 aromatic carbocycles. The maximum Gasteiger partial charge on any atom is 0.328 e. The van der Waals surface area contributed by atoms with Crippen LogP contribution in [0.4, 0.5) is 4.79 Å². The van der Waals surface area contributed by atoms with Gasteiger partial charge in [0.2, 0.25) is 0 Å². The molecule has 106 valence electrons. The quantitative estimate of drug-likeness (QED) is 0.837. The molecule has 1 unspecified atom stereocenters. The standard InChI is InChI=1S/C11H15ClN2O4S/c1-14(5-7-3-4-9(12)19-7)11(17)13-8(6-18-2)10(15)16/h3-4,8H,5-6H2,1-2H3,(H,13,17)(H,15,16). The van der Waals surface area contributed by atoms with E-state index in [1.54, 1.807) is 13.1 Å². The van der Waals surface area contributed by atoms with Crippen molar-refractivity contribution in [2.24, 2.45) is 0 Å². The number of carbonyl (C=O) groups is 2. The van der Waals surface area contributed by atoms with E-state index in [-0.39, 0.29) is 6.61 Å². The number of rotatable bonds is 6. The molecule has 0 aliphatic rings. The zero-order valence-corrected chi connectivity index (χ0v) is 12.1. The van der Waals surface area contributed by atoms with Gasteiger partial charge in [0.1, 0.15) is 0 Å². The van der Waals surface area contributed by atoms with Crippen LogP contribution in [-0.4, -0.2) is 48.8 Å². The van der Waals surface area contributed by atoms with Crippen molar-refractivity contribution in [3.63, 3.8) is 0 Å². The Bertz CT molecular complexity index is 452. The maximum absolute atomic E-state index is 11.8. The molecule has 1 heterocycles. The van der Waals surface area contributed by atoms with Crippen molar-refractivity contribution in [2.45, 2.75) is 12.6 Å². The van der Waals surface area contributed by atoms with E-state index < -0.39 is 18.0 Å². The number of nitrogens with one attached hydrogen (secondary N) is 1. The fourth-order valence-corrected chi connectivity index (χ4v) is 2.48. The normalized spacial score (nSPS) is 11.9. The van der Waals surface area contributed by atoms with Crippen LogP contribution in [0.3, 0.4) is 0 Å². The fraction of sp³-hybridized carbons (Fsp3) is 0.455. The first kappa shape index (κ1) is 15.7. The van der Waals surface area contributed by atoms with E-state index >= 15 is 0 Å². The molecular weight excluding hydrogens is 292 g/mol. The average molecular weight is 307 g/mol. The van der Waals surface area contributed by atoms with E-state index in [0.717, 1.165) is 4.88 Å². The highest BCUT2D eigenvalue weighted by atomic mass is 35.5. The highest BCUT2D eigenvalue weighted by Crippen LogP contribution is 2.22. The number of hydrogen-bond donors (Lipinski definition) is 2. The Labute approximate surface area is 119 Å². The molecule has 2 amide bonds. The first-order valence-corrected chi connectivity index (χ1v) is 6.61. The minimum absolute atomic E-state index is 0.0836. The Morgan fingerprint density at radius 3 is 2.74 bits per heavy atom. The molecule has 0 fully saturated rings. The third-order valence-corrected chi connectivity index (χ3v) is 3.51. The number of nitrogens with zero attached hydrogens (tertiary/aromatic N) is 1. The van der Waals surface area contributed by atoms with Crippen molar-refractivity contribution < 1.29 is 19.4 Å². The smallest absolute Gasteiger partial charge is 0.328 e. The highest BCUT2D eigenvalue weighted by Gasteiger charge is 2.21. The van der Waals surface area contributed by atoms with Gasteiger partial charge in [-0.3, -0.25) is 0 Å². The molecule has 0 bridgehead atoms. The minimum atomic E-state index is -1.14. The number of thiophene rings is 1. The van der Waals surface area contributed by atoms with Crippen LogP contribution >= 0.6 is 22.9 Å². The average Bonchev–Trinajstić information content (AvgIpc) is 2.73. The van der Waals surface area contributed by atoms with Crippen LogP contribution in [-0.2, 0) is 16.1 Å². The van der Waals surface area contributed by atoms with Crippen molar-refractivity contribution in [3.8, 4) is 0 Å². The van der Waals surface area contributed by atoms with Gasteiger partial charge in [-0.2, -0.15) is 0 Å². The van der Waals surface area contributed by atoms with E-state index in [9.17, 15) is 9.59 Å². The summed E-state index contributed by atoms with van der Waals surface area (Å²) in [5.41, 5.74) is 0. The molecule has 0 radical (unpaired) electrons. The van der Waals surface area contributed by atoms with E-state index in [2.05, 4.69) is 5.32 Å².